The van der Waals surface area contributed by atoms with Gasteiger partial charge in [-0.3, -0.25) is 0 Å². The van der Waals surface area contributed by atoms with Gasteiger partial charge in [-0.25, -0.2) is 0 Å². The predicted molar refractivity (Wildman–Crippen MR) is 53.5 cm³/mol. The van der Waals surface area contributed by atoms with Gasteiger partial charge in [0.25, 0.3) is 0 Å². The van der Waals surface area contributed by atoms with Crippen LogP contribution in [0.1, 0.15) is 32.6 Å². The number of alkyl halides is 3. The molecular weight excluding hydrogens is 205 g/mol. The Morgan fingerprint density at radius 2 is 2.07 bits per heavy atom. The minimum absolute atomic E-state index is 0.197. The Balaban J connectivity index is 2.21. The Morgan fingerprint density at radius 3 is 2.60 bits per heavy atom. The summed E-state index contributed by atoms with van der Waals surface area (Å²) in [7, 11) is 0. The molecule has 1 rings (SSSR count). The van der Waals surface area contributed by atoms with E-state index in [-0.39, 0.29) is 12.5 Å². The van der Waals surface area contributed by atoms with Crippen LogP contribution in [0.5, 0.6) is 0 Å². The molecule has 0 amide bonds. The molecule has 1 saturated heterocycles. The van der Waals surface area contributed by atoms with E-state index in [2.05, 4.69) is 4.90 Å². The van der Waals surface area contributed by atoms with Crippen LogP contribution in [0.4, 0.5) is 13.2 Å². The smallest absolute Gasteiger partial charge is 0.328 e. The molecule has 5 heteroatoms. The topological polar surface area (TPSA) is 29.3 Å². The quantitative estimate of drug-likeness (QED) is 0.795. The first kappa shape index (κ1) is 12.8. The summed E-state index contributed by atoms with van der Waals surface area (Å²) in [6.45, 7) is 3.40. The molecule has 0 bridgehead atoms. The van der Waals surface area contributed by atoms with E-state index in [9.17, 15) is 13.2 Å². The lowest BCUT2D eigenvalue weighted by Gasteiger charge is -2.36. The standard InChI is InChI=1S/C10H19F3N2/c1-8-7-9(14)3-6-15(8)5-2-4-10(11,12)13/h8-9H,2-7,14H2,1H3. The fourth-order valence-corrected chi connectivity index (χ4v) is 2.07. The minimum Gasteiger partial charge on any atom is -0.328 e. The van der Waals surface area contributed by atoms with Gasteiger partial charge in [-0.1, -0.05) is 0 Å². The lowest BCUT2D eigenvalue weighted by atomic mass is 9.99. The highest BCUT2D eigenvalue weighted by Crippen LogP contribution is 2.23. The number of nitrogens with zero attached hydrogens (tertiary/aromatic N) is 1. The van der Waals surface area contributed by atoms with Gasteiger partial charge in [0.1, 0.15) is 0 Å². The number of likely N-dealkylation sites (tertiary alicyclic amines) is 1. The van der Waals surface area contributed by atoms with E-state index in [0.717, 1.165) is 19.4 Å². The molecule has 2 unspecified atom stereocenters. The van der Waals surface area contributed by atoms with Crippen molar-refractivity contribution in [1.29, 1.82) is 0 Å². The van der Waals surface area contributed by atoms with Gasteiger partial charge in [-0.05, 0) is 39.3 Å². The average Bonchev–Trinajstić information content (AvgIpc) is 2.07. The van der Waals surface area contributed by atoms with Gasteiger partial charge < -0.3 is 10.6 Å². The van der Waals surface area contributed by atoms with E-state index in [4.69, 9.17) is 5.73 Å². The van der Waals surface area contributed by atoms with Crippen LogP contribution in [0, 0.1) is 0 Å². The Labute approximate surface area is 88.6 Å². The second-order valence-electron chi connectivity index (χ2n) is 4.39. The van der Waals surface area contributed by atoms with Crippen molar-refractivity contribution in [2.24, 2.45) is 5.73 Å². The molecule has 1 fully saturated rings. The van der Waals surface area contributed by atoms with Gasteiger partial charge in [-0.2, -0.15) is 13.2 Å². The number of halogens is 3. The first-order valence-electron chi connectivity index (χ1n) is 5.45. The fraction of sp³-hybridized carbons (Fsp3) is 1.00. The molecule has 2 nitrogen and oxygen atoms in total. The number of rotatable bonds is 3. The van der Waals surface area contributed by atoms with Gasteiger partial charge in [0, 0.05) is 18.5 Å². The zero-order chi connectivity index (χ0) is 11.5. The van der Waals surface area contributed by atoms with Crippen LogP contribution in [0.15, 0.2) is 0 Å². The number of piperidine rings is 1. The van der Waals surface area contributed by atoms with Crippen LogP contribution in [-0.2, 0) is 0 Å². The third-order valence-electron chi connectivity index (χ3n) is 2.96. The zero-order valence-electron chi connectivity index (χ0n) is 9.06. The highest BCUT2D eigenvalue weighted by atomic mass is 19.4. The van der Waals surface area contributed by atoms with Crippen molar-refractivity contribution < 1.29 is 13.2 Å². The van der Waals surface area contributed by atoms with E-state index in [1.54, 1.807) is 0 Å². The van der Waals surface area contributed by atoms with Crippen molar-refractivity contribution >= 4 is 0 Å². The SMILES string of the molecule is CC1CC(N)CCN1CCCC(F)(F)F. The largest absolute Gasteiger partial charge is 0.389 e. The summed E-state index contributed by atoms with van der Waals surface area (Å²) >= 11 is 0. The van der Waals surface area contributed by atoms with Crippen LogP contribution in [0.3, 0.4) is 0 Å². The van der Waals surface area contributed by atoms with Crippen molar-refractivity contribution in [2.75, 3.05) is 13.1 Å². The highest BCUT2D eigenvalue weighted by molar-refractivity contribution is 4.80. The van der Waals surface area contributed by atoms with E-state index < -0.39 is 12.6 Å². The van der Waals surface area contributed by atoms with E-state index >= 15 is 0 Å². The zero-order valence-corrected chi connectivity index (χ0v) is 9.06. The molecular formula is C10H19F3N2. The van der Waals surface area contributed by atoms with Gasteiger partial charge in [0.15, 0.2) is 0 Å². The Morgan fingerprint density at radius 1 is 1.40 bits per heavy atom. The second-order valence-corrected chi connectivity index (χ2v) is 4.39. The van der Waals surface area contributed by atoms with Gasteiger partial charge in [0.2, 0.25) is 0 Å². The molecule has 0 saturated carbocycles. The number of hydrogen-bond donors (Lipinski definition) is 1. The third-order valence-corrected chi connectivity index (χ3v) is 2.96. The van der Waals surface area contributed by atoms with Gasteiger partial charge in [0.05, 0.1) is 0 Å². The van der Waals surface area contributed by atoms with Crippen LogP contribution < -0.4 is 5.73 Å². The highest BCUT2D eigenvalue weighted by Gasteiger charge is 2.28. The summed E-state index contributed by atoms with van der Waals surface area (Å²) in [5.74, 6) is 0. The third kappa shape index (κ3) is 4.84. The number of hydrogen-bond acceptors (Lipinski definition) is 2. The summed E-state index contributed by atoms with van der Waals surface area (Å²) in [6, 6.07) is 0.542. The van der Waals surface area contributed by atoms with Crippen LogP contribution in [0.25, 0.3) is 0 Å². The summed E-state index contributed by atoms with van der Waals surface area (Å²) in [6.07, 6.45) is -2.71. The van der Waals surface area contributed by atoms with Crippen molar-refractivity contribution in [1.82, 2.24) is 4.90 Å². The summed E-state index contributed by atoms with van der Waals surface area (Å²) in [5, 5.41) is 0. The molecule has 1 aliphatic heterocycles. The Hall–Kier alpha value is -0.290. The van der Waals surface area contributed by atoms with E-state index in [1.165, 1.54) is 0 Å². The molecule has 15 heavy (non-hydrogen) atoms. The van der Waals surface area contributed by atoms with Gasteiger partial charge >= 0.3 is 6.18 Å². The molecule has 0 aromatic carbocycles. The first-order valence-corrected chi connectivity index (χ1v) is 5.45. The molecule has 0 aliphatic carbocycles. The maximum absolute atomic E-state index is 11.9. The Kier molecular flexibility index (Phi) is 4.40. The molecule has 0 radical (unpaired) electrons. The fourth-order valence-electron chi connectivity index (χ4n) is 2.07. The van der Waals surface area contributed by atoms with Crippen molar-refractivity contribution in [3.63, 3.8) is 0 Å². The van der Waals surface area contributed by atoms with Crippen LogP contribution in [0.2, 0.25) is 0 Å². The maximum Gasteiger partial charge on any atom is 0.389 e. The molecule has 0 aromatic heterocycles. The van der Waals surface area contributed by atoms with Crippen molar-refractivity contribution in [2.45, 2.75) is 50.9 Å². The normalized spacial score (nSPS) is 29.4. The van der Waals surface area contributed by atoms with E-state index in [0.29, 0.717) is 12.6 Å². The van der Waals surface area contributed by atoms with Gasteiger partial charge in [-0.15, -0.1) is 0 Å². The minimum atomic E-state index is -4.02. The van der Waals surface area contributed by atoms with Crippen LogP contribution in [-0.4, -0.2) is 36.2 Å². The van der Waals surface area contributed by atoms with Crippen molar-refractivity contribution in [3.8, 4) is 0 Å². The maximum atomic E-state index is 11.9. The molecule has 0 aromatic rings. The lowest BCUT2D eigenvalue weighted by molar-refractivity contribution is -0.136. The summed E-state index contributed by atoms with van der Waals surface area (Å²) < 4.78 is 35.8. The Bertz CT molecular complexity index is 194. The summed E-state index contributed by atoms with van der Waals surface area (Å²) in [4.78, 5) is 2.11. The van der Waals surface area contributed by atoms with Crippen molar-refractivity contribution in [3.05, 3.63) is 0 Å². The predicted octanol–water partition coefficient (Wildman–Crippen LogP) is 2.14. The van der Waals surface area contributed by atoms with Crippen LogP contribution >= 0.6 is 0 Å². The average molecular weight is 224 g/mol. The summed E-state index contributed by atoms with van der Waals surface area (Å²) in [5.41, 5.74) is 5.78. The van der Waals surface area contributed by atoms with E-state index in [1.807, 2.05) is 6.92 Å². The lowest BCUT2D eigenvalue weighted by Crippen LogP contribution is -2.45. The first-order chi connectivity index (χ1) is 6.88. The second kappa shape index (κ2) is 5.16. The molecule has 1 heterocycles. The monoisotopic (exact) mass is 224 g/mol. The molecule has 1 aliphatic rings. The molecule has 2 N–H and O–H groups in total. The number of nitrogens with two attached hydrogens (primary N) is 1. The molecule has 2 atom stereocenters. The molecule has 0 spiro atoms. The molecule has 90 valence electrons.